The molecule has 10 nitrogen and oxygen atoms in total. The van der Waals surface area contributed by atoms with Crippen LogP contribution < -0.4 is 15.5 Å². The molecular weight excluding hydrogens is 398 g/mol. The number of aromatic nitrogens is 3. The molecule has 3 aliphatic rings. The van der Waals surface area contributed by atoms with Gasteiger partial charge >= 0.3 is 6.03 Å². The summed E-state index contributed by atoms with van der Waals surface area (Å²) in [6, 6.07) is 3.77. The molecule has 164 valence electrons. The summed E-state index contributed by atoms with van der Waals surface area (Å²) in [6.45, 7) is 3.48. The SMILES string of the molecule is CN1C(=O)N(c2ccc(N[C@H]3CC[C@H](Nc4noc(C5CC5)n4)C3)nc2)C(=O)C1(C)C. The van der Waals surface area contributed by atoms with Crippen molar-refractivity contribution in [3.63, 3.8) is 0 Å². The first-order chi connectivity index (χ1) is 14.8. The van der Waals surface area contributed by atoms with Gasteiger partial charge in [-0.05, 0) is 63.2 Å². The molecule has 5 rings (SSSR count). The van der Waals surface area contributed by atoms with E-state index in [-0.39, 0.29) is 24.0 Å². The van der Waals surface area contributed by atoms with E-state index in [0.29, 0.717) is 17.6 Å². The molecule has 3 amide bonds. The molecule has 2 atom stereocenters. The first-order valence-corrected chi connectivity index (χ1v) is 10.8. The molecule has 0 radical (unpaired) electrons. The van der Waals surface area contributed by atoms with Gasteiger partial charge in [-0.2, -0.15) is 4.98 Å². The van der Waals surface area contributed by atoms with Gasteiger partial charge in [0.05, 0.1) is 11.9 Å². The molecule has 0 aromatic carbocycles. The highest BCUT2D eigenvalue weighted by molar-refractivity contribution is 6.22. The van der Waals surface area contributed by atoms with Crippen molar-refractivity contribution in [2.45, 2.75) is 69.5 Å². The van der Waals surface area contributed by atoms with Crippen LogP contribution in [0.4, 0.5) is 22.2 Å². The number of imide groups is 1. The smallest absolute Gasteiger partial charge is 0.332 e. The minimum absolute atomic E-state index is 0.251. The Hall–Kier alpha value is -3.17. The first kappa shape index (κ1) is 19.8. The Labute approximate surface area is 180 Å². The second-order valence-electron chi connectivity index (χ2n) is 9.17. The van der Waals surface area contributed by atoms with Gasteiger partial charge in [-0.25, -0.2) is 14.7 Å². The van der Waals surface area contributed by atoms with Crippen molar-refractivity contribution in [2.75, 3.05) is 22.6 Å². The molecule has 2 aliphatic carbocycles. The summed E-state index contributed by atoms with van der Waals surface area (Å²) in [5.41, 5.74) is -0.384. The maximum atomic E-state index is 12.6. The quantitative estimate of drug-likeness (QED) is 0.679. The molecule has 2 aromatic heterocycles. The maximum absolute atomic E-state index is 12.6. The van der Waals surface area contributed by atoms with E-state index < -0.39 is 5.54 Å². The highest BCUT2D eigenvalue weighted by Gasteiger charge is 2.50. The summed E-state index contributed by atoms with van der Waals surface area (Å²) in [6.07, 6.45) is 6.75. The largest absolute Gasteiger partial charge is 0.367 e. The molecule has 0 bridgehead atoms. The lowest BCUT2D eigenvalue weighted by molar-refractivity contribution is -0.123. The fourth-order valence-electron chi connectivity index (χ4n) is 4.15. The zero-order chi connectivity index (χ0) is 21.8. The number of carbonyl (C=O) groups is 2. The number of hydrogen-bond donors (Lipinski definition) is 2. The summed E-state index contributed by atoms with van der Waals surface area (Å²) in [5.74, 6) is 2.23. The highest BCUT2D eigenvalue weighted by atomic mass is 16.5. The molecule has 0 unspecified atom stereocenters. The number of pyridine rings is 1. The maximum Gasteiger partial charge on any atom is 0.332 e. The van der Waals surface area contributed by atoms with Crippen LogP contribution in [0.1, 0.15) is 57.8 Å². The number of hydrogen-bond acceptors (Lipinski definition) is 8. The van der Waals surface area contributed by atoms with Crippen molar-refractivity contribution < 1.29 is 14.1 Å². The molecular formula is C21H27N7O3. The summed E-state index contributed by atoms with van der Waals surface area (Å²) < 4.78 is 5.31. The first-order valence-electron chi connectivity index (χ1n) is 10.8. The fourth-order valence-corrected chi connectivity index (χ4v) is 4.15. The van der Waals surface area contributed by atoms with Gasteiger partial charge in [-0.1, -0.05) is 0 Å². The number of nitrogens with zero attached hydrogens (tertiary/aromatic N) is 5. The predicted octanol–water partition coefficient (Wildman–Crippen LogP) is 2.96. The zero-order valence-corrected chi connectivity index (χ0v) is 18.0. The second-order valence-corrected chi connectivity index (χ2v) is 9.17. The van der Waals surface area contributed by atoms with Crippen LogP contribution in [0, 0.1) is 0 Å². The van der Waals surface area contributed by atoms with Crippen molar-refractivity contribution in [1.82, 2.24) is 20.0 Å². The van der Waals surface area contributed by atoms with Gasteiger partial charge in [0, 0.05) is 25.0 Å². The minimum Gasteiger partial charge on any atom is -0.367 e. The van der Waals surface area contributed by atoms with Gasteiger partial charge in [-0.3, -0.25) is 4.79 Å². The topological polar surface area (TPSA) is 116 Å². The van der Waals surface area contributed by atoms with Crippen LogP contribution in [0.3, 0.4) is 0 Å². The molecule has 2 saturated carbocycles. The van der Waals surface area contributed by atoms with Crippen molar-refractivity contribution >= 4 is 29.4 Å². The Kier molecular flexibility index (Phi) is 4.60. The third-order valence-electron chi connectivity index (χ3n) is 6.54. The van der Waals surface area contributed by atoms with E-state index in [1.807, 2.05) is 6.07 Å². The minimum atomic E-state index is -0.863. The summed E-state index contributed by atoms with van der Waals surface area (Å²) in [7, 11) is 1.63. The lowest BCUT2D eigenvalue weighted by Crippen LogP contribution is -2.41. The molecule has 0 spiro atoms. The predicted molar refractivity (Wildman–Crippen MR) is 114 cm³/mol. The van der Waals surface area contributed by atoms with Gasteiger partial charge < -0.3 is 20.1 Å². The van der Waals surface area contributed by atoms with Crippen LogP contribution in [0.5, 0.6) is 0 Å². The van der Waals surface area contributed by atoms with Gasteiger partial charge in [0.15, 0.2) is 0 Å². The van der Waals surface area contributed by atoms with Crippen LogP contribution in [-0.2, 0) is 4.79 Å². The van der Waals surface area contributed by atoms with Crippen LogP contribution in [-0.4, -0.2) is 56.6 Å². The molecule has 3 heterocycles. The highest BCUT2D eigenvalue weighted by Crippen LogP contribution is 2.39. The summed E-state index contributed by atoms with van der Waals surface area (Å²) >= 11 is 0. The molecule has 1 saturated heterocycles. The Bertz CT molecular complexity index is 999. The van der Waals surface area contributed by atoms with Crippen molar-refractivity contribution in [3.05, 3.63) is 24.2 Å². The third-order valence-corrected chi connectivity index (χ3v) is 6.54. The summed E-state index contributed by atoms with van der Waals surface area (Å²) in [5, 5.41) is 10.8. The van der Waals surface area contributed by atoms with E-state index in [4.69, 9.17) is 4.52 Å². The van der Waals surface area contributed by atoms with Gasteiger partial charge in [0.2, 0.25) is 5.89 Å². The number of likely N-dealkylation sites (N-methyl/N-ethyl adjacent to an activating group) is 1. The standard InChI is InChI=1S/C21H27N7O3/c1-21(2)18(29)28(20(30)27(21)3)15-8-9-16(22-11-15)23-13-6-7-14(10-13)24-19-25-17(31-26-19)12-4-5-12/h8-9,11-14H,4-7,10H2,1-3H3,(H,22,23)(H,24,26)/t13-,14-/m0/s1. The fraction of sp³-hybridized carbons (Fsp3) is 0.571. The monoisotopic (exact) mass is 425 g/mol. The lowest BCUT2D eigenvalue weighted by atomic mass is 10.1. The average molecular weight is 425 g/mol. The number of carbonyl (C=O) groups excluding carboxylic acids is 2. The van der Waals surface area contributed by atoms with Crippen molar-refractivity contribution in [1.29, 1.82) is 0 Å². The zero-order valence-electron chi connectivity index (χ0n) is 18.0. The Morgan fingerprint density at radius 1 is 1.10 bits per heavy atom. The Morgan fingerprint density at radius 3 is 2.45 bits per heavy atom. The Balaban J connectivity index is 1.18. The molecule has 10 heteroatoms. The number of anilines is 3. The number of amides is 3. The van der Waals surface area contributed by atoms with E-state index in [9.17, 15) is 9.59 Å². The molecule has 2 N–H and O–H groups in total. The number of urea groups is 1. The summed E-state index contributed by atoms with van der Waals surface area (Å²) in [4.78, 5) is 36.6. The number of nitrogens with one attached hydrogen (secondary N) is 2. The molecule has 2 aromatic rings. The van der Waals surface area contributed by atoms with Crippen LogP contribution in [0.25, 0.3) is 0 Å². The van der Waals surface area contributed by atoms with Crippen LogP contribution in [0.2, 0.25) is 0 Å². The van der Waals surface area contributed by atoms with E-state index in [1.165, 1.54) is 9.80 Å². The van der Waals surface area contributed by atoms with E-state index in [0.717, 1.165) is 43.8 Å². The van der Waals surface area contributed by atoms with Crippen molar-refractivity contribution in [2.24, 2.45) is 0 Å². The van der Waals surface area contributed by atoms with E-state index in [1.54, 1.807) is 33.2 Å². The molecule has 3 fully saturated rings. The van der Waals surface area contributed by atoms with Crippen molar-refractivity contribution in [3.8, 4) is 0 Å². The van der Waals surface area contributed by atoms with E-state index in [2.05, 4.69) is 25.8 Å². The number of rotatable bonds is 6. The van der Waals surface area contributed by atoms with Gasteiger partial charge in [0.25, 0.3) is 11.9 Å². The lowest BCUT2D eigenvalue weighted by Gasteiger charge is -2.22. The van der Waals surface area contributed by atoms with Gasteiger partial charge in [-0.15, -0.1) is 0 Å². The molecule has 1 aliphatic heterocycles. The van der Waals surface area contributed by atoms with Gasteiger partial charge in [0.1, 0.15) is 11.4 Å². The third kappa shape index (κ3) is 3.60. The normalized spacial score (nSPS) is 25.4. The Morgan fingerprint density at radius 2 is 1.84 bits per heavy atom. The van der Waals surface area contributed by atoms with E-state index >= 15 is 0 Å². The van der Waals surface area contributed by atoms with Crippen LogP contribution in [0.15, 0.2) is 22.9 Å². The average Bonchev–Trinajstić information content (AvgIpc) is 3.31. The molecule has 31 heavy (non-hydrogen) atoms. The second kappa shape index (κ2) is 7.21. The van der Waals surface area contributed by atoms with Crippen LogP contribution >= 0.6 is 0 Å².